The molecule has 0 saturated carbocycles. The van der Waals surface area contributed by atoms with Crippen molar-refractivity contribution in [1.29, 1.82) is 0 Å². The quantitative estimate of drug-likeness (QED) is 0.322. The third kappa shape index (κ3) is 5.73. The van der Waals surface area contributed by atoms with Gasteiger partial charge in [0.25, 0.3) is 0 Å². The van der Waals surface area contributed by atoms with Gasteiger partial charge in [-0.3, -0.25) is 4.98 Å². The molecular weight excluding hydrogens is 512 g/mol. The summed E-state index contributed by atoms with van der Waals surface area (Å²) in [5.74, 6) is 0.628. The number of hydrogen-bond acceptors (Lipinski definition) is 7. The average Bonchev–Trinajstić information content (AvgIpc) is 2.87. The molecule has 0 bridgehead atoms. The van der Waals surface area contributed by atoms with Crippen LogP contribution in [0.25, 0.3) is 22.0 Å². The van der Waals surface area contributed by atoms with E-state index in [1.54, 1.807) is 41.6 Å². The standard InChI is InChI=1S/C30H32N4O4S/c1-19-25-11-6-21(16-20(25)13-15-34(19)29(35)38-30(2,3)4)28-26-17-27(32-18-22(26)12-14-31-28)33-23-7-9-24(10-8-23)39(5,36)37/h6-12,14,16-19H,13,15H2,1-5H3,(H,32,33). The van der Waals surface area contributed by atoms with E-state index in [0.29, 0.717) is 12.4 Å². The van der Waals surface area contributed by atoms with Crippen molar-refractivity contribution < 1.29 is 17.9 Å². The molecule has 202 valence electrons. The summed E-state index contributed by atoms with van der Waals surface area (Å²) >= 11 is 0. The molecule has 0 fully saturated rings. The lowest BCUT2D eigenvalue weighted by Gasteiger charge is -2.36. The molecule has 2 aromatic carbocycles. The van der Waals surface area contributed by atoms with E-state index in [2.05, 4.69) is 22.4 Å². The van der Waals surface area contributed by atoms with Gasteiger partial charge in [-0.15, -0.1) is 0 Å². The van der Waals surface area contributed by atoms with Crippen LogP contribution in [0.3, 0.4) is 0 Å². The zero-order valence-electron chi connectivity index (χ0n) is 22.7. The van der Waals surface area contributed by atoms with E-state index in [0.717, 1.165) is 39.7 Å². The Kier molecular flexibility index (Phi) is 6.80. The van der Waals surface area contributed by atoms with Gasteiger partial charge in [0.15, 0.2) is 9.84 Å². The van der Waals surface area contributed by atoms with Crippen LogP contribution >= 0.6 is 0 Å². The van der Waals surface area contributed by atoms with Crippen molar-refractivity contribution in [2.75, 3.05) is 18.1 Å². The smallest absolute Gasteiger partial charge is 0.410 e. The minimum Gasteiger partial charge on any atom is -0.444 e. The van der Waals surface area contributed by atoms with E-state index in [4.69, 9.17) is 9.72 Å². The number of amides is 1. The van der Waals surface area contributed by atoms with Crippen molar-refractivity contribution in [3.05, 3.63) is 78.1 Å². The number of nitrogens with zero attached hydrogens (tertiary/aromatic N) is 3. The number of nitrogens with one attached hydrogen (secondary N) is 1. The SMILES string of the molecule is CC1c2ccc(-c3nccc4cnc(Nc5ccc(S(C)(=O)=O)cc5)cc34)cc2CCN1C(=O)OC(C)(C)C. The van der Waals surface area contributed by atoms with Gasteiger partial charge in [-0.2, -0.15) is 0 Å². The number of benzene rings is 2. The van der Waals surface area contributed by atoms with Crippen molar-refractivity contribution >= 4 is 38.2 Å². The second kappa shape index (κ2) is 9.96. The maximum atomic E-state index is 12.7. The predicted octanol–water partition coefficient (Wildman–Crippen LogP) is 6.30. The Morgan fingerprint density at radius 3 is 2.49 bits per heavy atom. The zero-order chi connectivity index (χ0) is 27.9. The number of carbonyl (C=O) groups excluding carboxylic acids is 1. The maximum absolute atomic E-state index is 12.7. The highest BCUT2D eigenvalue weighted by Crippen LogP contribution is 2.35. The molecule has 1 N–H and O–H groups in total. The molecule has 8 nitrogen and oxygen atoms in total. The first kappa shape index (κ1) is 26.6. The van der Waals surface area contributed by atoms with Gasteiger partial charge in [-0.25, -0.2) is 18.2 Å². The first-order valence-electron chi connectivity index (χ1n) is 12.8. The Morgan fingerprint density at radius 2 is 1.79 bits per heavy atom. The molecule has 1 amide bonds. The molecule has 5 rings (SSSR count). The van der Waals surface area contributed by atoms with E-state index >= 15 is 0 Å². The van der Waals surface area contributed by atoms with E-state index in [9.17, 15) is 13.2 Å². The number of hydrogen-bond donors (Lipinski definition) is 1. The lowest BCUT2D eigenvalue weighted by Crippen LogP contribution is -2.42. The van der Waals surface area contributed by atoms with Crippen molar-refractivity contribution in [1.82, 2.24) is 14.9 Å². The molecule has 2 aromatic heterocycles. The Bertz CT molecular complexity index is 1660. The summed E-state index contributed by atoms with van der Waals surface area (Å²) < 4.78 is 29.1. The molecule has 0 aliphatic carbocycles. The first-order chi connectivity index (χ1) is 18.4. The fourth-order valence-electron chi connectivity index (χ4n) is 4.85. The van der Waals surface area contributed by atoms with Crippen molar-refractivity contribution in [3.8, 4) is 11.3 Å². The molecule has 9 heteroatoms. The summed E-state index contributed by atoms with van der Waals surface area (Å²) in [6.07, 6.45) is 5.21. The highest BCUT2D eigenvalue weighted by atomic mass is 32.2. The molecule has 1 aliphatic heterocycles. The summed E-state index contributed by atoms with van der Waals surface area (Å²) in [6, 6.07) is 16.7. The van der Waals surface area contributed by atoms with Crippen LogP contribution in [0.2, 0.25) is 0 Å². The van der Waals surface area contributed by atoms with Crippen LogP contribution in [-0.4, -0.2) is 47.8 Å². The van der Waals surface area contributed by atoms with Crippen LogP contribution in [0.15, 0.2) is 71.9 Å². The van der Waals surface area contributed by atoms with Gasteiger partial charge >= 0.3 is 6.09 Å². The molecule has 0 radical (unpaired) electrons. The van der Waals surface area contributed by atoms with Gasteiger partial charge in [-0.05, 0) is 87.7 Å². The largest absolute Gasteiger partial charge is 0.444 e. The number of sulfone groups is 1. The van der Waals surface area contributed by atoms with Gasteiger partial charge in [0.05, 0.1) is 16.6 Å². The third-order valence-electron chi connectivity index (χ3n) is 6.79. The van der Waals surface area contributed by atoms with Gasteiger partial charge in [0, 0.05) is 47.2 Å². The van der Waals surface area contributed by atoms with Crippen LogP contribution in [0.1, 0.15) is 44.9 Å². The van der Waals surface area contributed by atoms with Crippen molar-refractivity contribution in [3.63, 3.8) is 0 Å². The first-order valence-corrected chi connectivity index (χ1v) is 14.7. The van der Waals surface area contributed by atoms with E-state index < -0.39 is 15.4 Å². The highest BCUT2D eigenvalue weighted by Gasteiger charge is 2.31. The van der Waals surface area contributed by atoms with Crippen LogP contribution in [0, 0.1) is 0 Å². The highest BCUT2D eigenvalue weighted by molar-refractivity contribution is 7.90. The topological polar surface area (TPSA) is 101 Å². The van der Waals surface area contributed by atoms with E-state index in [1.165, 1.54) is 11.8 Å². The van der Waals surface area contributed by atoms with Crippen LogP contribution in [0.5, 0.6) is 0 Å². The minimum atomic E-state index is -3.26. The Balaban J connectivity index is 1.43. The Labute approximate surface area is 229 Å². The lowest BCUT2D eigenvalue weighted by atomic mass is 9.91. The Morgan fingerprint density at radius 1 is 1.05 bits per heavy atom. The summed E-state index contributed by atoms with van der Waals surface area (Å²) in [7, 11) is -3.26. The average molecular weight is 545 g/mol. The van der Waals surface area contributed by atoms with Crippen LogP contribution in [0.4, 0.5) is 16.3 Å². The van der Waals surface area contributed by atoms with Crippen molar-refractivity contribution in [2.24, 2.45) is 0 Å². The van der Waals surface area contributed by atoms with Gasteiger partial charge < -0.3 is 15.0 Å². The third-order valence-corrected chi connectivity index (χ3v) is 7.92. The van der Waals surface area contributed by atoms with Gasteiger partial charge in [0.1, 0.15) is 11.4 Å². The summed E-state index contributed by atoms with van der Waals surface area (Å²) in [6.45, 7) is 8.25. The number of aromatic nitrogens is 2. The molecule has 1 atom stereocenters. The molecule has 3 heterocycles. The molecule has 0 saturated heterocycles. The molecule has 39 heavy (non-hydrogen) atoms. The van der Waals surface area contributed by atoms with Crippen molar-refractivity contribution in [2.45, 2.75) is 50.7 Å². The molecule has 1 aliphatic rings. The fraction of sp³-hybridized carbons (Fsp3) is 0.300. The normalized spacial score (nSPS) is 15.6. The van der Waals surface area contributed by atoms with Gasteiger partial charge in [-0.1, -0.05) is 12.1 Å². The molecule has 4 aromatic rings. The second-order valence-electron chi connectivity index (χ2n) is 10.9. The van der Waals surface area contributed by atoms with E-state index in [-0.39, 0.29) is 17.0 Å². The fourth-order valence-corrected chi connectivity index (χ4v) is 5.48. The summed E-state index contributed by atoms with van der Waals surface area (Å²) in [5.41, 5.74) is 4.33. The van der Waals surface area contributed by atoms with Gasteiger partial charge in [0.2, 0.25) is 0 Å². The monoisotopic (exact) mass is 544 g/mol. The molecule has 0 spiro atoms. The molecule has 1 unspecified atom stereocenters. The van der Waals surface area contributed by atoms with Crippen LogP contribution < -0.4 is 5.32 Å². The molecular formula is C30H32N4O4S. The Hall–Kier alpha value is -3.98. The number of fused-ring (bicyclic) bond motifs is 2. The van der Waals surface area contributed by atoms with Crippen LogP contribution in [-0.2, 0) is 21.0 Å². The van der Waals surface area contributed by atoms with E-state index in [1.807, 2.05) is 45.9 Å². The predicted molar refractivity (Wildman–Crippen MR) is 153 cm³/mol. The number of carbonyl (C=O) groups is 1. The number of ether oxygens (including phenoxy) is 1. The minimum absolute atomic E-state index is 0.0905. The number of rotatable bonds is 4. The number of pyridine rings is 2. The number of anilines is 2. The zero-order valence-corrected chi connectivity index (χ0v) is 23.5. The second-order valence-corrected chi connectivity index (χ2v) is 12.9. The summed E-state index contributed by atoms with van der Waals surface area (Å²) in [5, 5.41) is 5.16. The lowest BCUT2D eigenvalue weighted by molar-refractivity contribution is 0.0160. The maximum Gasteiger partial charge on any atom is 0.410 e. The summed E-state index contributed by atoms with van der Waals surface area (Å²) in [4.78, 5) is 24.0.